The summed E-state index contributed by atoms with van der Waals surface area (Å²) in [6.45, 7) is 0. The average molecular weight is 546 g/mol. The highest BCUT2D eigenvalue weighted by Crippen LogP contribution is 2.42. The first-order valence-corrected chi connectivity index (χ1v) is 13.9. The lowest BCUT2D eigenvalue weighted by molar-refractivity contribution is 0.0955. The standard InChI is InChI=1S/C36H27N5O/c42-36(27-18-20-37-21-19-27)39-38-24-25-14-16-30(17-15-25)41-34(23-33(40-41)26-8-2-1-3-9-26)35-31-12-6-4-10-28(31)22-29-11-5-7-13-32(29)35/h1-22,24,34H,23H2,(H,39,42)/b38-24-. The maximum absolute atomic E-state index is 12.3. The molecule has 5 aromatic carbocycles. The van der Waals surface area contributed by atoms with Crippen LogP contribution in [0, 0.1) is 0 Å². The minimum absolute atomic E-state index is 0.00961. The summed E-state index contributed by atoms with van der Waals surface area (Å²) in [5, 5.41) is 16.4. The van der Waals surface area contributed by atoms with Crippen molar-refractivity contribution in [3.05, 3.63) is 156 Å². The molecule has 6 aromatic rings. The molecule has 202 valence electrons. The summed E-state index contributed by atoms with van der Waals surface area (Å²) in [5.41, 5.74) is 8.40. The van der Waals surface area contributed by atoms with Crippen LogP contribution in [0.3, 0.4) is 0 Å². The Labute approximate surface area is 243 Å². The number of amides is 1. The molecule has 0 bridgehead atoms. The number of anilines is 1. The average Bonchev–Trinajstić information content (AvgIpc) is 3.50. The van der Waals surface area contributed by atoms with Crippen molar-refractivity contribution < 1.29 is 4.79 Å². The van der Waals surface area contributed by atoms with Crippen molar-refractivity contribution in [3.8, 4) is 0 Å². The van der Waals surface area contributed by atoms with Gasteiger partial charge in [0.05, 0.1) is 23.7 Å². The summed E-state index contributed by atoms with van der Waals surface area (Å²) in [4.78, 5) is 16.2. The molecule has 7 rings (SSSR count). The van der Waals surface area contributed by atoms with Crippen LogP contribution in [0.4, 0.5) is 5.69 Å². The third-order valence-corrected chi connectivity index (χ3v) is 7.64. The molecule has 6 heteroatoms. The normalized spacial score (nSPS) is 14.9. The molecular formula is C36H27N5O. The van der Waals surface area contributed by atoms with Crippen molar-refractivity contribution in [1.82, 2.24) is 10.4 Å². The molecule has 1 aliphatic heterocycles. The summed E-state index contributed by atoms with van der Waals surface area (Å²) >= 11 is 0. The fraction of sp³-hybridized carbons (Fsp3) is 0.0556. The van der Waals surface area contributed by atoms with Crippen LogP contribution >= 0.6 is 0 Å². The van der Waals surface area contributed by atoms with Gasteiger partial charge in [-0.1, -0.05) is 91.0 Å². The Balaban J connectivity index is 1.25. The summed E-state index contributed by atoms with van der Waals surface area (Å²) in [7, 11) is 0. The number of carbonyl (C=O) groups is 1. The van der Waals surface area contributed by atoms with E-state index < -0.39 is 0 Å². The Hall–Kier alpha value is -5.62. The van der Waals surface area contributed by atoms with Gasteiger partial charge in [-0.3, -0.25) is 14.8 Å². The highest BCUT2D eigenvalue weighted by atomic mass is 16.2. The Bertz CT molecular complexity index is 1900. The molecule has 6 nitrogen and oxygen atoms in total. The predicted octanol–water partition coefficient (Wildman–Crippen LogP) is 7.51. The largest absolute Gasteiger partial charge is 0.271 e. The van der Waals surface area contributed by atoms with Gasteiger partial charge in [-0.05, 0) is 68.6 Å². The lowest BCUT2D eigenvalue weighted by Gasteiger charge is -2.26. The van der Waals surface area contributed by atoms with E-state index in [1.54, 1.807) is 30.7 Å². The van der Waals surface area contributed by atoms with Crippen LogP contribution in [0.2, 0.25) is 0 Å². The lowest BCUT2D eigenvalue weighted by Crippen LogP contribution is -2.19. The van der Waals surface area contributed by atoms with E-state index in [2.05, 4.69) is 112 Å². The Morgan fingerprint density at radius 1 is 0.786 bits per heavy atom. The second-order valence-electron chi connectivity index (χ2n) is 10.2. The van der Waals surface area contributed by atoms with Gasteiger partial charge in [-0.15, -0.1) is 0 Å². The molecule has 1 amide bonds. The third-order valence-electron chi connectivity index (χ3n) is 7.64. The van der Waals surface area contributed by atoms with Gasteiger partial charge in [0.15, 0.2) is 0 Å². The number of pyridine rings is 1. The Kier molecular flexibility index (Phi) is 6.70. The predicted molar refractivity (Wildman–Crippen MR) is 170 cm³/mol. The zero-order valence-electron chi connectivity index (χ0n) is 22.8. The van der Waals surface area contributed by atoms with Crippen LogP contribution in [0.5, 0.6) is 0 Å². The SMILES string of the molecule is O=C(N/N=C\c1ccc(N2N=C(c3ccccc3)CC2c2c3ccccc3cc3ccccc23)cc1)c1ccncc1. The van der Waals surface area contributed by atoms with Gasteiger partial charge in [0.25, 0.3) is 5.91 Å². The molecule has 1 aliphatic rings. The molecule has 0 spiro atoms. The zero-order chi connectivity index (χ0) is 28.3. The Morgan fingerprint density at radius 2 is 1.43 bits per heavy atom. The van der Waals surface area contributed by atoms with Crippen molar-refractivity contribution in [2.45, 2.75) is 12.5 Å². The summed E-state index contributed by atoms with van der Waals surface area (Å²) in [6, 6.07) is 41.3. The van der Waals surface area contributed by atoms with Crippen LogP contribution < -0.4 is 10.4 Å². The molecule has 0 radical (unpaired) electrons. The molecule has 2 heterocycles. The number of fused-ring (bicyclic) bond motifs is 2. The maximum Gasteiger partial charge on any atom is 0.271 e. The molecule has 0 saturated heterocycles. The van der Waals surface area contributed by atoms with Crippen molar-refractivity contribution in [2.24, 2.45) is 10.2 Å². The second-order valence-corrected chi connectivity index (χ2v) is 10.2. The number of benzene rings is 5. The fourth-order valence-electron chi connectivity index (χ4n) is 5.63. The van der Waals surface area contributed by atoms with Crippen molar-refractivity contribution in [1.29, 1.82) is 0 Å². The first kappa shape index (κ1) is 25.4. The molecule has 1 atom stereocenters. The molecular weight excluding hydrogens is 518 g/mol. The first-order chi connectivity index (χ1) is 20.7. The summed E-state index contributed by atoms with van der Waals surface area (Å²) in [5.74, 6) is -0.282. The van der Waals surface area contributed by atoms with Gasteiger partial charge in [0.1, 0.15) is 0 Å². The van der Waals surface area contributed by atoms with E-state index in [0.29, 0.717) is 5.56 Å². The monoisotopic (exact) mass is 545 g/mol. The van der Waals surface area contributed by atoms with Crippen molar-refractivity contribution >= 4 is 45.1 Å². The van der Waals surface area contributed by atoms with Crippen LogP contribution in [0.15, 0.2) is 144 Å². The van der Waals surface area contributed by atoms with E-state index in [1.807, 2.05) is 18.2 Å². The van der Waals surface area contributed by atoms with Gasteiger partial charge in [0, 0.05) is 24.4 Å². The van der Waals surface area contributed by atoms with Gasteiger partial charge in [-0.2, -0.15) is 10.2 Å². The minimum Gasteiger partial charge on any atom is -0.267 e. The van der Waals surface area contributed by atoms with E-state index in [9.17, 15) is 4.79 Å². The smallest absolute Gasteiger partial charge is 0.267 e. The quantitative estimate of drug-likeness (QED) is 0.134. The number of hydrogen-bond donors (Lipinski definition) is 1. The topological polar surface area (TPSA) is 70.0 Å². The van der Waals surface area contributed by atoms with Crippen molar-refractivity contribution in [3.63, 3.8) is 0 Å². The molecule has 0 saturated carbocycles. The highest BCUT2D eigenvalue weighted by molar-refractivity contribution is 6.07. The van der Waals surface area contributed by atoms with Gasteiger partial charge in [-0.25, -0.2) is 5.43 Å². The van der Waals surface area contributed by atoms with E-state index in [4.69, 9.17) is 5.10 Å². The molecule has 1 unspecified atom stereocenters. The molecule has 42 heavy (non-hydrogen) atoms. The van der Waals surface area contributed by atoms with Crippen LogP contribution in [-0.2, 0) is 0 Å². The van der Waals surface area contributed by atoms with E-state index >= 15 is 0 Å². The molecule has 0 aliphatic carbocycles. The third kappa shape index (κ3) is 4.90. The number of aromatic nitrogens is 1. The van der Waals surface area contributed by atoms with E-state index in [1.165, 1.54) is 27.1 Å². The number of hydrogen-bond acceptors (Lipinski definition) is 5. The second kappa shape index (κ2) is 11.1. The minimum atomic E-state index is -0.282. The Morgan fingerprint density at radius 3 is 2.12 bits per heavy atom. The number of nitrogens with one attached hydrogen (secondary N) is 1. The number of hydrazone groups is 2. The number of rotatable bonds is 6. The maximum atomic E-state index is 12.3. The van der Waals surface area contributed by atoms with Crippen LogP contribution in [0.25, 0.3) is 21.5 Å². The molecule has 1 N–H and O–H groups in total. The molecule has 0 fully saturated rings. The first-order valence-electron chi connectivity index (χ1n) is 13.9. The van der Waals surface area contributed by atoms with Gasteiger partial charge in [0.2, 0.25) is 0 Å². The fourth-order valence-corrected chi connectivity index (χ4v) is 5.63. The molecule has 1 aromatic heterocycles. The highest BCUT2D eigenvalue weighted by Gasteiger charge is 2.32. The van der Waals surface area contributed by atoms with Gasteiger partial charge < -0.3 is 0 Å². The number of nitrogens with zero attached hydrogens (tertiary/aromatic N) is 4. The van der Waals surface area contributed by atoms with Crippen LogP contribution in [-0.4, -0.2) is 22.8 Å². The summed E-state index contributed by atoms with van der Waals surface area (Å²) < 4.78 is 0. The van der Waals surface area contributed by atoms with Crippen molar-refractivity contribution in [2.75, 3.05) is 5.01 Å². The number of carbonyl (C=O) groups excluding carboxylic acids is 1. The van der Waals surface area contributed by atoms with Crippen LogP contribution in [0.1, 0.15) is 39.5 Å². The van der Waals surface area contributed by atoms with E-state index in [-0.39, 0.29) is 11.9 Å². The van der Waals surface area contributed by atoms with E-state index in [0.717, 1.165) is 28.9 Å². The zero-order valence-corrected chi connectivity index (χ0v) is 22.8. The summed E-state index contributed by atoms with van der Waals surface area (Å²) in [6.07, 6.45) is 5.58. The van der Waals surface area contributed by atoms with Gasteiger partial charge >= 0.3 is 0 Å². The lowest BCUT2D eigenvalue weighted by atomic mass is 9.89.